The Morgan fingerprint density at radius 1 is 1.20 bits per heavy atom. The van der Waals surface area contributed by atoms with E-state index in [0.29, 0.717) is 32.0 Å². The number of aromatic carboxylic acids is 1. The van der Waals surface area contributed by atoms with E-state index >= 15 is 0 Å². The Bertz CT molecular complexity index is 422. The quantitative estimate of drug-likeness (QED) is 0.667. The number of hydrogen-bond acceptors (Lipinski definition) is 4. The van der Waals surface area contributed by atoms with Gasteiger partial charge in [0.15, 0.2) is 0 Å². The maximum absolute atomic E-state index is 13.4. The fourth-order valence-corrected chi connectivity index (χ4v) is 1.52. The van der Waals surface area contributed by atoms with Gasteiger partial charge in [-0.1, -0.05) is 6.07 Å². The predicted molar refractivity (Wildman–Crippen MR) is 70.3 cm³/mol. The molecule has 0 saturated carbocycles. The zero-order valence-electron chi connectivity index (χ0n) is 11.4. The Labute approximate surface area is 117 Å². The minimum atomic E-state index is -1.27. The smallest absolute Gasteiger partial charge is 0.338 e. The molecule has 0 bridgehead atoms. The van der Waals surface area contributed by atoms with Crippen molar-refractivity contribution in [3.05, 3.63) is 35.1 Å². The summed E-state index contributed by atoms with van der Waals surface area (Å²) in [6.45, 7) is 2.44. The van der Waals surface area contributed by atoms with Gasteiger partial charge in [0.1, 0.15) is 5.82 Å². The highest BCUT2D eigenvalue weighted by Gasteiger charge is 2.10. The molecule has 0 aliphatic heterocycles. The van der Waals surface area contributed by atoms with Gasteiger partial charge < -0.3 is 19.3 Å². The highest BCUT2D eigenvalue weighted by Crippen LogP contribution is 2.11. The summed E-state index contributed by atoms with van der Waals surface area (Å²) in [7, 11) is 1.61. The first kappa shape index (κ1) is 16.6. The summed E-state index contributed by atoms with van der Waals surface area (Å²) < 4.78 is 28.8. The fraction of sp³-hybridized carbons (Fsp3) is 0.500. The second-order valence-electron chi connectivity index (χ2n) is 4.13. The number of hydrogen-bond donors (Lipinski definition) is 1. The van der Waals surface area contributed by atoms with Crippen molar-refractivity contribution in [1.29, 1.82) is 0 Å². The van der Waals surface area contributed by atoms with Crippen LogP contribution in [0.25, 0.3) is 0 Å². The average Bonchev–Trinajstić information content (AvgIpc) is 2.41. The van der Waals surface area contributed by atoms with Crippen molar-refractivity contribution in [3.63, 3.8) is 0 Å². The lowest BCUT2D eigenvalue weighted by molar-refractivity contribution is 0.0483. The van der Waals surface area contributed by atoms with Crippen molar-refractivity contribution < 1.29 is 28.5 Å². The van der Waals surface area contributed by atoms with Crippen LogP contribution in [0.2, 0.25) is 0 Å². The van der Waals surface area contributed by atoms with E-state index in [0.717, 1.165) is 6.42 Å². The second-order valence-corrected chi connectivity index (χ2v) is 4.13. The van der Waals surface area contributed by atoms with Crippen LogP contribution in [0.1, 0.15) is 22.3 Å². The minimum absolute atomic E-state index is 0.245. The molecule has 0 saturated heterocycles. The molecule has 0 aliphatic carbocycles. The van der Waals surface area contributed by atoms with Crippen molar-refractivity contribution in [3.8, 4) is 0 Å². The fourth-order valence-electron chi connectivity index (χ4n) is 1.52. The molecule has 1 N–H and O–H groups in total. The maximum atomic E-state index is 13.4. The van der Waals surface area contributed by atoms with E-state index in [1.165, 1.54) is 12.1 Å². The third kappa shape index (κ3) is 6.10. The maximum Gasteiger partial charge on any atom is 0.338 e. The van der Waals surface area contributed by atoms with Crippen molar-refractivity contribution in [2.45, 2.75) is 13.0 Å². The van der Waals surface area contributed by atoms with Gasteiger partial charge >= 0.3 is 5.97 Å². The molecule has 1 rings (SSSR count). The van der Waals surface area contributed by atoms with Crippen LogP contribution in [0, 0.1) is 5.82 Å². The predicted octanol–water partition coefficient (Wildman–Crippen LogP) is 2.09. The Balaban J connectivity index is 2.19. The first-order valence-electron chi connectivity index (χ1n) is 6.31. The molecule has 20 heavy (non-hydrogen) atoms. The summed E-state index contributed by atoms with van der Waals surface area (Å²) in [4.78, 5) is 10.6. The summed E-state index contributed by atoms with van der Waals surface area (Å²) in [5, 5.41) is 8.70. The number of carboxylic acids is 1. The van der Waals surface area contributed by atoms with E-state index in [2.05, 4.69) is 0 Å². The van der Waals surface area contributed by atoms with Gasteiger partial charge in [0.2, 0.25) is 0 Å². The van der Waals surface area contributed by atoms with Gasteiger partial charge in [-0.25, -0.2) is 9.18 Å². The van der Waals surface area contributed by atoms with Crippen molar-refractivity contribution >= 4 is 5.97 Å². The van der Waals surface area contributed by atoms with E-state index in [4.69, 9.17) is 19.3 Å². The van der Waals surface area contributed by atoms with Crippen LogP contribution in [-0.4, -0.2) is 44.6 Å². The van der Waals surface area contributed by atoms with Crippen LogP contribution < -0.4 is 0 Å². The molecular formula is C14H19FO5. The third-order valence-corrected chi connectivity index (χ3v) is 2.54. The van der Waals surface area contributed by atoms with E-state index < -0.39 is 11.8 Å². The monoisotopic (exact) mass is 286 g/mol. The lowest BCUT2D eigenvalue weighted by atomic mass is 10.1. The van der Waals surface area contributed by atoms with Gasteiger partial charge in [-0.05, 0) is 24.1 Å². The normalized spacial score (nSPS) is 10.7. The number of halogens is 1. The molecule has 5 nitrogen and oxygen atoms in total. The molecule has 0 heterocycles. The first-order valence-corrected chi connectivity index (χ1v) is 6.31. The van der Waals surface area contributed by atoms with Crippen LogP contribution in [-0.2, 0) is 20.8 Å². The second kappa shape index (κ2) is 9.41. The number of carbonyl (C=O) groups is 1. The molecular weight excluding hydrogens is 267 g/mol. The molecule has 0 aliphatic rings. The molecule has 0 fully saturated rings. The van der Waals surface area contributed by atoms with Crippen molar-refractivity contribution in [2.75, 3.05) is 33.5 Å². The summed E-state index contributed by atoms with van der Waals surface area (Å²) in [6.07, 6.45) is 0.736. The first-order chi connectivity index (χ1) is 9.65. The van der Waals surface area contributed by atoms with Gasteiger partial charge in [-0.15, -0.1) is 0 Å². The van der Waals surface area contributed by atoms with Gasteiger partial charge in [0.25, 0.3) is 0 Å². The Morgan fingerprint density at radius 2 is 1.95 bits per heavy atom. The van der Waals surface area contributed by atoms with Gasteiger partial charge in [0, 0.05) is 20.3 Å². The van der Waals surface area contributed by atoms with Crippen LogP contribution in [0.5, 0.6) is 0 Å². The van der Waals surface area contributed by atoms with Crippen molar-refractivity contribution in [1.82, 2.24) is 0 Å². The van der Waals surface area contributed by atoms with Gasteiger partial charge in [0.05, 0.1) is 25.4 Å². The SMILES string of the molecule is COCCOCCCOCc1ccc(C(=O)O)c(F)c1. The number of carboxylic acid groups (broad SMARTS) is 1. The van der Waals surface area contributed by atoms with Gasteiger partial charge in [-0.3, -0.25) is 0 Å². The number of ether oxygens (including phenoxy) is 3. The summed E-state index contributed by atoms with van der Waals surface area (Å²) in [5.41, 5.74) is 0.271. The van der Waals surface area contributed by atoms with E-state index in [9.17, 15) is 9.18 Å². The summed E-state index contributed by atoms with van der Waals surface area (Å²) >= 11 is 0. The lowest BCUT2D eigenvalue weighted by Crippen LogP contribution is -2.06. The zero-order chi connectivity index (χ0) is 14.8. The van der Waals surface area contributed by atoms with Crippen LogP contribution in [0.15, 0.2) is 18.2 Å². The number of rotatable bonds is 10. The Morgan fingerprint density at radius 3 is 2.60 bits per heavy atom. The van der Waals surface area contributed by atoms with Crippen molar-refractivity contribution in [2.24, 2.45) is 0 Å². The third-order valence-electron chi connectivity index (χ3n) is 2.54. The highest BCUT2D eigenvalue weighted by atomic mass is 19.1. The highest BCUT2D eigenvalue weighted by molar-refractivity contribution is 5.87. The Kier molecular flexibility index (Phi) is 7.79. The molecule has 0 amide bonds. The summed E-state index contributed by atoms with van der Waals surface area (Å²) in [6, 6.07) is 3.96. The van der Waals surface area contributed by atoms with Crippen LogP contribution in [0.3, 0.4) is 0 Å². The van der Waals surface area contributed by atoms with E-state index in [1.807, 2.05) is 0 Å². The molecule has 112 valence electrons. The molecule has 0 aromatic heterocycles. The molecule has 1 aromatic carbocycles. The molecule has 0 atom stereocenters. The zero-order valence-corrected chi connectivity index (χ0v) is 11.4. The number of benzene rings is 1. The topological polar surface area (TPSA) is 65.0 Å². The number of methoxy groups -OCH3 is 1. The molecule has 0 unspecified atom stereocenters. The average molecular weight is 286 g/mol. The minimum Gasteiger partial charge on any atom is -0.478 e. The standard InChI is InChI=1S/C14H19FO5/c1-18-7-8-19-5-2-6-20-10-11-3-4-12(14(16)17)13(15)9-11/h3-4,9H,2,5-8,10H2,1H3,(H,16,17). The lowest BCUT2D eigenvalue weighted by Gasteiger charge is -2.06. The van der Waals surface area contributed by atoms with Crippen LogP contribution in [0.4, 0.5) is 4.39 Å². The van der Waals surface area contributed by atoms with E-state index in [1.54, 1.807) is 13.2 Å². The molecule has 6 heteroatoms. The molecule has 1 aromatic rings. The molecule has 0 radical (unpaired) electrons. The van der Waals surface area contributed by atoms with Gasteiger partial charge in [-0.2, -0.15) is 0 Å². The van der Waals surface area contributed by atoms with Crippen LogP contribution >= 0.6 is 0 Å². The molecule has 0 spiro atoms. The van der Waals surface area contributed by atoms with E-state index in [-0.39, 0.29) is 12.2 Å². The largest absolute Gasteiger partial charge is 0.478 e. The Hall–Kier alpha value is -1.50. The summed E-state index contributed by atoms with van der Waals surface area (Å²) in [5.74, 6) is -2.02.